The van der Waals surface area contributed by atoms with Gasteiger partial charge in [0.1, 0.15) is 23.2 Å². The molecule has 5 rings (SSSR count). The molecule has 1 spiro atoms. The van der Waals surface area contributed by atoms with Gasteiger partial charge in [-0.15, -0.1) is 0 Å². The number of aryl methyl sites for hydroxylation is 2. The van der Waals surface area contributed by atoms with E-state index in [1.54, 1.807) is 9.80 Å². The summed E-state index contributed by atoms with van der Waals surface area (Å²) in [7, 11) is 0. The van der Waals surface area contributed by atoms with Crippen molar-refractivity contribution in [2.45, 2.75) is 76.5 Å². The Balaban J connectivity index is 1.66. The summed E-state index contributed by atoms with van der Waals surface area (Å²) in [5.41, 5.74) is 0.410. The Morgan fingerprint density at radius 1 is 1.00 bits per heavy atom. The van der Waals surface area contributed by atoms with Gasteiger partial charge in [0, 0.05) is 25.4 Å². The highest BCUT2D eigenvalue weighted by atomic mass is 16.6. The van der Waals surface area contributed by atoms with E-state index >= 15 is 0 Å². The molecule has 0 bridgehead atoms. The number of benzene rings is 1. The van der Waals surface area contributed by atoms with E-state index in [0.29, 0.717) is 39.0 Å². The zero-order valence-corrected chi connectivity index (χ0v) is 23.2. The van der Waals surface area contributed by atoms with E-state index in [1.807, 2.05) is 57.2 Å². The highest BCUT2D eigenvalue weighted by molar-refractivity contribution is 6.06. The smallest absolute Gasteiger partial charge is 0.313 e. The van der Waals surface area contributed by atoms with Crippen LogP contribution in [-0.4, -0.2) is 71.3 Å². The number of hydrogen-bond donors (Lipinski definition) is 1. The molecule has 0 aromatic heterocycles. The van der Waals surface area contributed by atoms with Gasteiger partial charge in [-0.2, -0.15) is 0 Å². The second-order valence-electron chi connectivity index (χ2n) is 11.2. The van der Waals surface area contributed by atoms with Gasteiger partial charge in [-0.1, -0.05) is 49.4 Å². The summed E-state index contributed by atoms with van der Waals surface area (Å²) >= 11 is 0. The van der Waals surface area contributed by atoms with Gasteiger partial charge in [-0.3, -0.25) is 14.4 Å². The fraction of sp³-hybridized carbons (Fsp3) is 0.581. The highest BCUT2D eigenvalue weighted by Crippen LogP contribution is 2.58. The lowest BCUT2D eigenvalue weighted by molar-refractivity contribution is -0.160. The number of nitrogens with zero attached hydrogens (tertiary/aromatic N) is 2. The minimum Gasteiger partial charge on any atom is -0.465 e. The van der Waals surface area contributed by atoms with E-state index in [0.717, 1.165) is 36.1 Å². The molecular weight excluding hydrogens is 496 g/mol. The van der Waals surface area contributed by atoms with Crippen molar-refractivity contribution in [3.05, 3.63) is 53.6 Å². The second-order valence-corrected chi connectivity index (χ2v) is 11.2. The zero-order valence-electron chi connectivity index (χ0n) is 23.2. The third kappa shape index (κ3) is 4.42. The lowest BCUT2D eigenvalue weighted by atomic mass is 9.73. The van der Waals surface area contributed by atoms with Gasteiger partial charge >= 0.3 is 5.97 Å². The molecule has 0 aliphatic carbocycles. The monoisotopic (exact) mass is 536 g/mol. The topological polar surface area (TPSA) is 96.4 Å². The van der Waals surface area contributed by atoms with Crippen LogP contribution in [-0.2, 0) is 23.9 Å². The van der Waals surface area contributed by atoms with E-state index in [9.17, 15) is 19.5 Å². The lowest BCUT2D eigenvalue weighted by Crippen LogP contribution is -2.56. The Bertz CT molecular complexity index is 1170. The van der Waals surface area contributed by atoms with Crippen LogP contribution in [0.15, 0.2) is 42.5 Å². The molecule has 39 heavy (non-hydrogen) atoms. The number of anilines is 1. The molecule has 1 aromatic carbocycles. The van der Waals surface area contributed by atoms with Crippen LogP contribution < -0.4 is 4.90 Å². The molecule has 5 atom stereocenters. The molecule has 210 valence electrons. The molecule has 8 heteroatoms. The third-order valence-electron chi connectivity index (χ3n) is 8.90. The van der Waals surface area contributed by atoms with Crippen molar-refractivity contribution in [2.75, 3.05) is 31.2 Å². The number of aliphatic hydroxyl groups is 1. The Morgan fingerprint density at radius 3 is 2.49 bits per heavy atom. The summed E-state index contributed by atoms with van der Waals surface area (Å²) < 4.78 is 12.7. The first-order valence-electron chi connectivity index (χ1n) is 14.3. The number of esters is 1. The van der Waals surface area contributed by atoms with E-state index in [-0.39, 0.29) is 18.4 Å². The number of allylic oxidation sites excluding steroid dienone is 1. The normalized spacial score (nSPS) is 33.3. The Morgan fingerprint density at radius 2 is 1.77 bits per heavy atom. The van der Waals surface area contributed by atoms with Crippen LogP contribution in [0.2, 0.25) is 0 Å². The van der Waals surface area contributed by atoms with Crippen molar-refractivity contribution in [1.29, 1.82) is 0 Å². The average molecular weight is 537 g/mol. The first kappa shape index (κ1) is 27.6. The largest absolute Gasteiger partial charge is 0.465 e. The molecule has 2 saturated heterocycles. The molecule has 1 N–H and O–H groups in total. The first-order chi connectivity index (χ1) is 18.8. The third-order valence-corrected chi connectivity index (χ3v) is 8.90. The predicted octanol–water partition coefficient (Wildman–Crippen LogP) is 3.62. The van der Waals surface area contributed by atoms with Crippen molar-refractivity contribution in [2.24, 2.45) is 11.8 Å². The maximum atomic E-state index is 14.6. The Kier molecular flexibility index (Phi) is 7.71. The van der Waals surface area contributed by atoms with Crippen molar-refractivity contribution in [3.8, 4) is 0 Å². The summed E-state index contributed by atoms with van der Waals surface area (Å²) in [5, 5.41) is 9.43. The summed E-state index contributed by atoms with van der Waals surface area (Å²) in [6, 6.07) is 4.99. The number of hydrogen-bond acceptors (Lipinski definition) is 6. The number of unbranched alkanes of at least 4 members (excludes halogenated alkanes) is 1. The van der Waals surface area contributed by atoms with Gasteiger partial charge in [0.15, 0.2) is 0 Å². The van der Waals surface area contributed by atoms with E-state index in [1.165, 1.54) is 0 Å². The van der Waals surface area contributed by atoms with E-state index in [4.69, 9.17) is 9.47 Å². The summed E-state index contributed by atoms with van der Waals surface area (Å²) in [6.45, 7) is 6.85. The number of carbonyl (C=O) groups is 3. The molecule has 2 amide bonds. The van der Waals surface area contributed by atoms with Gasteiger partial charge in [0.2, 0.25) is 5.91 Å². The lowest BCUT2D eigenvalue weighted by Gasteiger charge is -2.39. The minimum absolute atomic E-state index is 0.00115. The van der Waals surface area contributed by atoms with Crippen LogP contribution in [0.5, 0.6) is 0 Å². The molecule has 2 fully saturated rings. The van der Waals surface area contributed by atoms with Crippen LogP contribution in [0.1, 0.15) is 56.6 Å². The SMILES string of the molecule is CC[C@@]12/C=C\CCCCOC(=O)[C@@H]1[C@H]1C(=O)N(CCCCO)C3C(=O)N(c4c(C)cccc4C)CC=C[C@@]31O2. The van der Waals surface area contributed by atoms with E-state index < -0.39 is 35.0 Å². The summed E-state index contributed by atoms with van der Waals surface area (Å²) in [6.07, 6.45) is 11.8. The molecule has 4 aliphatic rings. The number of aliphatic hydroxyl groups excluding tert-OH is 1. The Hall–Kier alpha value is -2.97. The van der Waals surface area contributed by atoms with E-state index in [2.05, 4.69) is 6.08 Å². The molecule has 0 saturated carbocycles. The maximum absolute atomic E-state index is 14.6. The van der Waals surface area contributed by atoms with Crippen LogP contribution in [0.4, 0.5) is 5.69 Å². The van der Waals surface area contributed by atoms with Gasteiger partial charge in [0.05, 0.1) is 12.5 Å². The molecule has 4 aliphatic heterocycles. The Labute approximate surface area is 230 Å². The van der Waals surface area contributed by atoms with Crippen LogP contribution in [0.25, 0.3) is 0 Å². The fourth-order valence-corrected chi connectivity index (χ4v) is 7.10. The zero-order chi connectivity index (χ0) is 27.8. The molecular formula is C31H40N2O6. The van der Waals surface area contributed by atoms with Crippen molar-refractivity contribution in [3.63, 3.8) is 0 Å². The number of carbonyl (C=O) groups excluding carboxylic acids is 3. The molecule has 0 radical (unpaired) electrons. The summed E-state index contributed by atoms with van der Waals surface area (Å²) in [5.74, 6) is -2.66. The van der Waals surface area contributed by atoms with Crippen LogP contribution in [0, 0.1) is 25.7 Å². The highest BCUT2D eigenvalue weighted by Gasteiger charge is 2.75. The number of ether oxygens (including phenoxy) is 2. The second kappa shape index (κ2) is 10.9. The van der Waals surface area contributed by atoms with Gasteiger partial charge in [-0.05, 0) is 63.5 Å². The van der Waals surface area contributed by atoms with Crippen molar-refractivity contribution in [1.82, 2.24) is 4.90 Å². The number of amides is 2. The standard InChI is InChI=1S/C31H40N2O6/c1-4-30-15-7-5-6-10-20-38-29(37)24(30)23-27(35)33(17-8-9-19-34)26-28(36)32(18-12-16-31(23,26)39-30)25-21(2)13-11-14-22(25)3/h7,11-16,23-24,26,34H,4-6,8-10,17-20H2,1-3H3/b15-7-/t23-,24-,26?,30+,31-/m0/s1. The van der Waals surface area contributed by atoms with Gasteiger partial charge in [0.25, 0.3) is 5.91 Å². The van der Waals surface area contributed by atoms with Gasteiger partial charge in [-0.25, -0.2) is 0 Å². The summed E-state index contributed by atoms with van der Waals surface area (Å²) in [4.78, 5) is 46.0. The number of fused-ring (bicyclic) bond motifs is 2. The minimum atomic E-state index is -1.31. The predicted molar refractivity (Wildman–Crippen MR) is 147 cm³/mol. The molecule has 8 nitrogen and oxygen atoms in total. The number of likely N-dealkylation sites (tertiary alicyclic amines) is 1. The van der Waals surface area contributed by atoms with Crippen molar-refractivity contribution < 1.29 is 29.0 Å². The number of rotatable bonds is 6. The average Bonchev–Trinajstić information content (AvgIpc) is 3.27. The molecule has 1 aromatic rings. The number of cyclic esters (lactones) is 1. The van der Waals surface area contributed by atoms with Gasteiger partial charge < -0.3 is 24.4 Å². The maximum Gasteiger partial charge on any atom is 0.313 e. The first-order valence-corrected chi connectivity index (χ1v) is 14.3. The van der Waals surface area contributed by atoms with Crippen LogP contribution in [0.3, 0.4) is 0 Å². The van der Waals surface area contributed by atoms with Crippen LogP contribution >= 0.6 is 0 Å². The quantitative estimate of drug-likeness (QED) is 0.339. The molecule has 4 heterocycles. The fourth-order valence-electron chi connectivity index (χ4n) is 7.10. The van der Waals surface area contributed by atoms with Crippen molar-refractivity contribution >= 4 is 23.5 Å². The number of para-hydroxylation sites is 1. The molecule has 1 unspecified atom stereocenters.